The van der Waals surface area contributed by atoms with Crippen LogP contribution in [0.15, 0.2) is 6.07 Å². The second-order valence-corrected chi connectivity index (χ2v) is 13.1. The number of esters is 1. The van der Waals surface area contributed by atoms with Crippen molar-refractivity contribution in [2.75, 3.05) is 27.5 Å². The zero-order valence-corrected chi connectivity index (χ0v) is 27.9. The van der Waals surface area contributed by atoms with Crippen LogP contribution in [0.1, 0.15) is 65.7 Å². The molecule has 4 aliphatic heterocycles. The van der Waals surface area contributed by atoms with Gasteiger partial charge in [-0.15, -0.1) is 0 Å². The van der Waals surface area contributed by atoms with Gasteiger partial charge < -0.3 is 29.4 Å². The van der Waals surface area contributed by atoms with E-state index in [0.29, 0.717) is 45.9 Å². The number of nitrogens with zero attached hydrogens (tertiary/aromatic N) is 3. The minimum atomic E-state index is -5.08. The van der Waals surface area contributed by atoms with Crippen molar-refractivity contribution in [1.29, 1.82) is 5.26 Å². The van der Waals surface area contributed by atoms with Crippen LogP contribution < -0.4 is 24.3 Å². The highest BCUT2D eigenvalue weighted by Crippen LogP contribution is 2.58. The number of aromatic hydroxyl groups is 1. The highest BCUT2D eigenvalue weighted by molar-refractivity contribution is 5.89. The van der Waals surface area contributed by atoms with E-state index in [1.807, 2.05) is 24.9 Å². The number of nitriles is 1. The van der Waals surface area contributed by atoms with Gasteiger partial charge in [0.25, 0.3) is 0 Å². The molecule has 49 heavy (non-hydrogen) atoms. The fraction of sp³-hybridized carbons (Fsp3) is 0.529. The molecule has 15 heteroatoms. The van der Waals surface area contributed by atoms with Crippen LogP contribution in [0.25, 0.3) is 0 Å². The summed E-state index contributed by atoms with van der Waals surface area (Å²) < 4.78 is 62.2. The van der Waals surface area contributed by atoms with Gasteiger partial charge >= 0.3 is 12.1 Å². The molecular weight excluding hydrogens is 649 g/mol. The fourth-order valence-corrected chi connectivity index (χ4v) is 8.17. The molecule has 0 saturated carbocycles. The average molecular weight is 687 g/mol. The van der Waals surface area contributed by atoms with Gasteiger partial charge in [0.1, 0.15) is 11.8 Å². The Morgan fingerprint density at radius 1 is 1.14 bits per heavy atom. The quantitative estimate of drug-likeness (QED) is 0.324. The molecular formula is C34H37F3N4O8. The second kappa shape index (κ2) is 12.4. The van der Waals surface area contributed by atoms with Crippen molar-refractivity contribution in [3.05, 3.63) is 39.4 Å². The number of methoxy groups -OCH3 is 1. The van der Waals surface area contributed by atoms with E-state index in [9.17, 15) is 37.9 Å². The molecule has 12 nitrogen and oxygen atoms in total. The predicted molar refractivity (Wildman–Crippen MR) is 165 cm³/mol. The monoisotopic (exact) mass is 686 g/mol. The number of hydrogen-bond acceptors (Lipinski definition) is 11. The van der Waals surface area contributed by atoms with E-state index in [0.717, 1.165) is 11.1 Å². The maximum Gasteiger partial charge on any atom is 0.449 e. The van der Waals surface area contributed by atoms with Crippen molar-refractivity contribution in [2.24, 2.45) is 5.92 Å². The molecule has 2 aromatic carbocycles. The number of ketones is 1. The van der Waals surface area contributed by atoms with Gasteiger partial charge in [0.15, 0.2) is 23.0 Å². The lowest BCUT2D eigenvalue weighted by atomic mass is 9.71. The average Bonchev–Trinajstić information content (AvgIpc) is 3.52. The molecule has 2 bridgehead atoms. The molecule has 1 fully saturated rings. The number of fused-ring (bicyclic) bond motifs is 9. The van der Waals surface area contributed by atoms with E-state index in [4.69, 9.17) is 18.9 Å². The minimum absolute atomic E-state index is 0.0240. The van der Waals surface area contributed by atoms with Crippen molar-refractivity contribution < 1.29 is 51.6 Å². The Bertz CT molecular complexity index is 1790. The summed E-state index contributed by atoms with van der Waals surface area (Å²) in [5.41, 5.74) is 3.83. The molecule has 262 valence electrons. The summed E-state index contributed by atoms with van der Waals surface area (Å²) in [5, 5.41) is 25.1. The van der Waals surface area contributed by atoms with Crippen LogP contribution >= 0.6 is 0 Å². The lowest BCUT2D eigenvalue weighted by Crippen LogP contribution is -2.68. The number of carbonyl (C=O) groups is 3. The fourth-order valence-electron chi connectivity index (χ4n) is 8.17. The molecule has 4 heterocycles. The number of ether oxygens (including phenoxy) is 4. The number of carbonyl (C=O) groups excluding carboxylic acids is 3. The molecule has 6 atom stereocenters. The number of rotatable bonds is 7. The van der Waals surface area contributed by atoms with Crippen LogP contribution in [-0.2, 0) is 27.2 Å². The van der Waals surface area contributed by atoms with Gasteiger partial charge in [-0.25, -0.2) is 0 Å². The first kappa shape index (κ1) is 34.3. The van der Waals surface area contributed by atoms with Crippen molar-refractivity contribution in [3.8, 4) is 34.8 Å². The normalized spacial score (nSPS) is 24.5. The molecule has 4 aliphatic rings. The zero-order chi connectivity index (χ0) is 35.7. The van der Waals surface area contributed by atoms with Crippen molar-refractivity contribution in [1.82, 2.24) is 15.1 Å². The van der Waals surface area contributed by atoms with Gasteiger partial charge in [-0.05, 0) is 44.9 Å². The molecule has 1 saturated heterocycles. The SMILES string of the molecule is COc1c(C)cc2c(c1O)[C@H]1C3Cc4c(OC(C)=O)c(C)c5c(c4[C@H](CNC(=O)[C@H](C)CC(=O)C(F)(F)F)N3C(C#N)[C@@H](C2)N1C)OCO5. The Hall–Kier alpha value is -4.55. The first-order valence-corrected chi connectivity index (χ1v) is 15.9. The third-order valence-corrected chi connectivity index (χ3v) is 10.2. The standard InChI is InChI=1S/C34H37F3N4O8/c1-14-7-18-9-20-22(11-38)41-21(27(40(20)5)25(18)28(44)29(14)46-6)10-19-26(32-31(47-13-48-32)16(3)30(19)49-17(4)42)23(41)12-39-33(45)15(2)8-24(43)34(35,36)37/h7,15,20-23,27,44H,8-10,12-13H2,1-6H3,(H,39,45)/t15-,20-,21?,22?,23+,27-/m1/s1. The number of aryl methyl sites for hydroxylation is 1. The van der Waals surface area contributed by atoms with Crippen LogP contribution in [0, 0.1) is 31.1 Å². The maximum atomic E-state index is 13.2. The van der Waals surface area contributed by atoms with Gasteiger partial charge in [0, 0.05) is 60.1 Å². The number of hydrogen-bond donors (Lipinski definition) is 2. The smallest absolute Gasteiger partial charge is 0.449 e. The van der Waals surface area contributed by atoms with Crippen molar-refractivity contribution in [3.63, 3.8) is 0 Å². The summed E-state index contributed by atoms with van der Waals surface area (Å²) in [6.07, 6.45) is -5.47. The van der Waals surface area contributed by atoms with Crippen molar-refractivity contribution >= 4 is 17.7 Å². The van der Waals surface area contributed by atoms with E-state index in [-0.39, 0.29) is 37.3 Å². The van der Waals surface area contributed by atoms with Crippen molar-refractivity contribution in [2.45, 2.75) is 83.3 Å². The molecule has 0 spiro atoms. The van der Waals surface area contributed by atoms with Gasteiger partial charge in [0.05, 0.1) is 25.3 Å². The summed E-state index contributed by atoms with van der Waals surface area (Å²) in [6, 6.07) is 1.42. The Balaban J connectivity index is 1.52. The molecule has 0 radical (unpaired) electrons. The van der Waals surface area contributed by atoms with E-state index in [1.165, 1.54) is 21.0 Å². The second-order valence-electron chi connectivity index (χ2n) is 13.1. The molecule has 0 aliphatic carbocycles. The van der Waals surface area contributed by atoms with E-state index >= 15 is 0 Å². The van der Waals surface area contributed by atoms with Crippen LogP contribution in [-0.4, -0.2) is 84.4 Å². The number of likely N-dealkylation sites (N-methyl/N-ethyl adjacent to an activating group) is 1. The topological polar surface area (TPSA) is 151 Å². The van der Waals surface area contributed by atoms with Crippen LogP contribution in [0.2, 0.25) is 0 Å². The zero-order valence-electron chi connectivity index (χ0n) is 27.9. The third-order valence-electron chi connectivity index (χ3n) is 10.2. The van der Waals surface area contributed by atoms with Crippen LogP contribution in [0.5, 0.6) is 28.7 Å². The van der Waals surface area contributed by atoms with Gasteiger partial charge in [-0.3, -0.25) is 24.2 Å². The number of nitrogens with one attached hydrogen (secondary N) is 1. The Kier molecular flexibility index (Phi) is 8.69. The summed E-state index contributed by atoms with van der Waals surface area (Å²) in [6.45, 7) is 5.73. The Labute approximate surface area is 280 Å². The number of phenols is 1. The lowest BCUT2D eigenvalue weighted by Gasteiger charge is -2.60. The lowest BCUT2D eigenvalue weighted by molar-refractivity contribution is -0.172. The van der Waals surface area contributed by atoms with Gasteiger partial charge in [-0.1, -0.05) is 13.0 Å². The predicted octanol–water partition coefficient (Wildman–Crippen LogP) is 3.72. The maximum absolute atomic E-state index is 13.2. The Morgan fingerprint density at radius 3 is 2.47 bits per heavy atom. The number of halogens is 3. The molecule has 2 aromatic rings. The number of phenolic OH excluding ortho intramolecular Hbond substituents is 1. The largest absolute Gasteiger partial charge is 0.504 e. The third kappa shape index (κ3) is 5.51. The summed E-state index contributed by atoms with van der Waals surface area (Å²) in [7, 11) is 3.35. The number of Topliss-reactive ketones (excluding diaryl/α,β-unsaturated/α-hetero) is 1. The van der Waals surface area contributed by atoms with Gasteiger partial charge in [-0.2, -0.15) is 18.4 Å². The first-order chi connectivity index (χ1) is 23.1. The highest BCUT2D eigenvalue weighted by atomic mass is 19.4. The van der Waals surface area contributed by atoms with Gasteiger partial charge in [0.2, 0.25) is 18.5 Å². The Morgan fingerprint density at radius 2 is 1.84 bits per heavy atom. The van der Waals surface area contributed by atoms with Crippen LogP contribution in [0.3, 0.4) is 0 Å². The van der Waals surface area contributed by atoms with Crippen LogP contribution in [0.4, 0.5) is 13.2 Å². The number of alkyl halides is 3. The molecule has 2 unspecified atom stereocenters. The number of piperazine rings is 1. The van der Waals surface area contributed by atoms with E-state index in [1.54, 1.807) is 6.92 Å². The summed E-state index contributed by atoms with van der Waals surface area (Å²) in [5.74, 6) is -3.46. The summed E-state index contributed by atoms with van der Waals surface area (Å²) >= 11 is 0. The number of benzene rings is 2. The molecule has 2 N–H and O–H groups in total. The van der Waals surface area contributed by atoms with E-state index in [2.05, 4.69) is 16.3 Å². The number of amides is 1. The molecule has 6 rings (SSSR count). The minimum Gasteiger partial charge on any atom is -0.504 e. The highest BCUT2D eigenvalue weighted by Gasteiger charge is 2.57. The summed E-state index contributed by atoms with van der Waals surface area (Å²) in [4.78, 5) is 41.4. The first-order valence-electron chi connectivity index (χ1n) is 15.9. The molecule has 0 aromatic heterocycles. The molecule has 1 amide bonds. The van der Waals surface area contributed by atoms with E-state index < -0.39 is 60.3 Å².